The van der Waals surface area contributed by atoms with E-state index in [1.807, 2.05) is 17.9 Å². The molecule has 1 fully saturated rings. The molecule has 1 N–H and O–H groups in total. The summed E-state index contributed by atoms with van der Waals surface area (Å²) in [6, 6.07) is 2.13. The van der Waals surface area contributed by atoms with Crippen LogP contribution in [0.15, 0.2) is 18.5 Å². The van der Waals surface area contributed by atoms with Crippen LogP contribution in [0.3, 0.4) is 0 Å². The Hall–Kier alpha value is -0.840. The Morgan fingerprint density at radius 1 is 1.50 bits per heavy atom. The molecule has 6 heteroatoms. The summed E-state index contributed by atoms with van der Waals surface area (Å²) in [7, 11) is 0. The Labute approximate surface area is 120 Å². The maximum absolute atomic E-state index is 12.3. The molecule has 0 bridgehead atoms. The highest BCUT2D eigenvalue weighted by atomic mass is 35.5. The lowest BCUT2D eigenvalue weighted by atomic mass is 10.1. The summed E-state index contributed by atoms with van der Waals surface area (Å²) in [6.07, 6.45) is 3.37. The van der Waals surface area contributed by atoms with Gasteiger partial charge >= 0.3 is 0 Å². The zero-order valence-corrected chi connectivity index (χ0v) is 12.2. The normalized spacial score (nSPS) is 18.6. The third-order valence-corrected chi connectivity index (χ3v) is 3.03. The number of aromatic nitrogens is 1. The van der Waals surface area contributed by atoms with Crippen LogP contribution in [0.5, 0.6) is 0 Å². The first-order valence-electron chi connectivity index (χ1n) is 5.62. The first kappa shape index (κ1) is 17.2. The Kier molecular flexibility index (Phi) is 7.21. The molecule has 1 amide bonds. The monoisotopic (exact) mass is 291 g/mol. The highest BCUT2D eigenvalue weighted by molar-refractivity contribution is 5.95. The van der Waals surface area contributed by atoms with Crippen LogP contribution in [-0.2, 0) is 0 Å². The smallest absolute Gasteiger partial charge is 0.256 e. The summed E-state index contributed by atoms with van der Waals surface area (Å²) in [6.45, 7) is 6.52. The summed E-state index contributed by atoms with van der Waals surface area (Å²) >= 11 is 0. The quantitative estimate of drug-likeness (QED) is 0.856. The lowest BCUT2D eigenvalue weighted by Gasteiger charge is -2.34. The Bertz CT molecular complexity index is 401. The molecular weight excluding hydrogens is 273 g/mol. The number of rotatable bonds is 1. The molecule has 1 aromatic heterocycles. The maximum atomic E-state index is 12.3. The van der Waals surface area contributed by atoms with Gasteiger partial charge in [0, 0.05) is 38.1 Å². The van der Waals surface area contributed by atoms with Crippen molar-refractivity contribution in [3.05, 3.63) is 29.6 Å². The van der Waals surface area contributed by atoms with Gasteiger partial charge in [0.25, 0.3) is 5.91 Å². The largest absolute Gasteiger partial charge is 0.333 e. The van der Waals surface area contributed by atoms with E-state index in [2.05, 4.69) is 17.2 Å². The van der Waals surface area contributed by atoms with Crippen molar-refractivity contribution < 1.29 is 4.79 Å². The van der Waals surface area contributed by atoms with E-state index in [1.165, 1.54) is 0 Å². The van der Waals surface area contributed by atoms with Crippen molar-refractivity contribution >= 4 is 30.7 Å². The molecule has 0 unspecified atom stereocenters. The third-order valence-electron chi connectivity index (χ3n) is 3.03. The summed E-state index contributed by atoms with van der Waals surface area (Å²) < 4.78 is 0. The van der Waals surface area contributed by atoms with Crippen molar-refractivity contribution in [2.24, 2.45) is 0 Å². The Balaban J connectivity index is 0.00000144. The number of nitrogens with one attached hydrogen (secondary N) is 1. The number of pyridine rings is 1. The zero-order valence-electron chi connectivity index (χ0n) is 10.5. The molecule has 1 aromatic rings. The molecule has 1 saturated heterocycles. The first-order chi connectivity index (χ1) is 7.70. The van der Waals surface area contributed by atoms with E-state index in [0.717, 1.165) is 30.8 Å². The van der Waals surface area contributed by atoms with Gasteiger partial charge in [-0.3, -0.25) is 9.78 Å². The Morgan fingerprint density at radius 2 is 2.22 bits per heavy atom. The van der Waals surface area contributed by atoms with Crippen LogP contribution in [-0.4, -0.2) is 41.5 Å². The van der Waals surface area contributed by atoms with Crippen molar-refractivity contribution in [3.8, 4) is 0 Å². The van der Waals surface area contributed by atoms with Gasteiger partial charge in [0.15, 0.2) is 0 Å². The molecular formula is C12H19Cl2N3O. The maximum Gasteiger partial charge on any atom is 0.256 e. The van der Waals surface area contributed by atoms with Crippen LogP contribution < -0.4 is 5.32 Å². The lowest BCUT2D eigenvalue weighted by Crippen LogP contribution is -2.52. The number of hydrogen-bond acceptors (Lipinski definition) is 3. The lowest BCUT2D eigenvalue weighted by molar-refractivity contribution is 0.0654. The second kappa shape index (κ2) is 7.56. The van der Waals surface area contributed by atoms with E-state index in [0.29, 0.717) is 0 Å². The molecule has 2 heterocycles. The minimum atomic E-state index is 0. The molecule has 1 aliphatic heterocycles. The predicted octanol–water partition coefficient (Wildman–Crippen LogP) is 1.67. The average Bonchev–Trinajstić information content (AvgIpc) is 2.29. The predicted molar refractivity (Wildman–Crippen MR) is 76.8 cm³/mol. The molecule has 0 aliphatic carbocycles. The van der Waals surface area contributed by atoms with Crippen molar-refractivity contribution in [3.63, 3.8) is 0 Å². The molecule has 102 valence electrons. The highest BCUT2D eigenvalue weighted by Gasteiger charge is 2.24. The number of nitrogens with zero attached hydrogens (tertiary/aromatic N) is 2. The first-order valence-corrected chi connectivity index (χ1v) is 5.62. The Morgan fingerprint density at radius 3 is 2.83 bits per heavy atom. The van der Waals surface area contributed by atoms with Crippen LogP contribution in [0.1, 0.15) is 22.8 Å². The zero-order chi connectivity index (χ0) is 11.5. The van der Waals surface area contributed by atoms with Crippen LogP contribution in [0.25, 0.3) is 0 Å². The van der Waals surface area contributed by atoms with Crippen molar-refractivity contribution in [2.75, 3.05) is 19.6 Å². The number of amides is 1. The fraction of sp³-hybridized carbons (Fsp3) is 0.500. The van der Waals surface area contributed by atoms with E-state index >= 15 is 0 Å². The molecule has 2 rings (SSSR count). The molecule has 1 atom stereocenters. The number of hydrogen-bond donors (Lipinski definition) is 1. The van der Waals surface area contributed by atoms with Gasteiger partial charge in [0.05, 0.1) is 5.56 Å². The van der Waals surface area contributed by atoms with E-state index in [4.69, 9.17) is 0 Å². The van der Waals surface area contributed by atoms with E-state index < -0.39 is 0 Å². The minimum Gasteiger partial charge on any atom is -0.333 e. The topological polar surface area (TPSA) is 45.2 Å². The second-order valence-electron chi connectivity index (χ2n) is 4.24. The third kappa shape index (κ3) is 3.57. The van der Waals surface area contributed by atoms with Gasteiger partial charge in [0.2, 0.25) is 0 Å². The number of aryl methyl sites for hydroxylation is 1. The molecule has 0 radical (unpaired) electrons. The van der Waals surface area contributed by atoms with Gasteiger partial charge in [-0.1, -0.05) is 0 Å². The van der Waals surface area contributed by atoms with E-state index in [1.54, 1.807) is 12.4 Å². The second-order valence-corrected chi connectivity index (χ2v) is 4.24. The van der Waals surface area contributed by atoms with Crippen LogP contribution in [0.2, 0.25) is 0 Å². The van der Waals surface area contributed by atoms with Crippen molar-refractivity contribution in [2.45, 2.75) is 19.9 Å². The number of carbonyl (C=O) groups is 1. The standard InChI is InChI=1S/C12H17N3O.2ClH/c1-9-3-4-13-8-11(9)12(16)15-6-5-14-7-10(15)2;;/h3-4,8,10,14H,5-7H2,1-2H3;2*1H/t10-;;/m1../s1. The van der Waals surface area contributed by atoms with Crippen LogP contribution in [0, 0.1) is 6.92 Å². The van der Waals surface area contributed by atoms with Gasteiger partial charge in [-0.15, -0.1) is 24.8 Å². The molecule has 0 saturated carbocycles. The van der Waals surface area contributed by atoms with Gasteiger partial charge in [-0.2, -0.15) is 0 Å². The summed E-state index contributed by atoms with van der Waals surface area (Å²) in [5.41, 5.74) is 1.71. The summed E-state index contributed by atoms with van der Waals surface area (Å²) in [5, 5.41) is 3.28. The molecule has 1 aliphatic rings. The van der Waals surface area contributed by atoms with Gasteiger partial charge in [-0.25, -0.2) is 0 Å². The minimum absolute atomic E-state index is 0. The average molecular weight is 292 g/mol. The number of piperazine rings is 1. The van der Waals surface area contributed by atoms with Gasteiger partial charge in [-0.05, 0) is 25.5 Å². The summed E-state index contributed by atoms with van der Waals surface area (Å²) in [5.74, 6) is 0.0969. The van der Waals surface area contributed by atoms with Crippen LogP contribution in [0.4, 0.5) is 0 Å². The van der Waals surface area contributed by atoms with Gasteiger partial charge < -0.3 is 10.2 Å². The fourth-order valence-corrected chi connectivity index (χ4v) is 1.99. The van der Waals surface area contributed by atoms with Crippen molar-refractivity contribution in [1.82, 2.24) is 15.2 Å². The van der Waals surface area contributed by atoms with E-state index in [-0.39, 0.29) is 36.8 Å². The SMILES string of the molecule is Cc1ccncc1C(=O)N1CCNC[C@H]1C.Cl.Cl. The molecule has 18 heavy (non-hydrogen) atoms. The van der Waals surface area contributed by atoms with Crippen molar-refractivity contribution in [1.29, 1.82) is 0 Å². The number of halogens is 2. The molecule has 0 spiro atoms. The highest BCUT2D eigenvalue weighted by Crippen LogP contribution is 2.12. The van der Waals surface area contributed by atoms with Crippen LogP contribution >= 0.6 is 24.8 Å². The number of carbonyl (C=O) groups excluding carboxylic acids is 1. The summed E-state index contributed by atoms with van der Waals surface area (Å²) in [4.78, 5) is 18.2. The van der Waals surface area contributed by atoms with E-state index in [9.17, 15) is 4.79 Å². The molecule has 4 nitrogen and oxygen atoms in total. The fourth-order valence-electron chi connectivity index (χ4n) is 1.99. The molecule has 0 aromatic carbocycles. The van der Waals surface area contributed by atoms with Gasteiger partial charge in [0.1, 0.15) is 0 Å².